The Morgan fingerprint density at radius 1 is 1.42 bits per heavy atom. The minimum Gasteiger partial charge on any atom is -0.296 e. The molecule has 0 aromatic heterocycles. The number of carbonyl (C=O) groups excluding carboxylic acids is 1. The van der Waals surface area contributed by atoms with Crippen molar-refractivity contribution in [2.75, 3.05) is 14.1 Å². The normalized spacial score (nSPS) is 20.8. The summed E-state index contributed by atoms with van der Waals surface area (Å²) in [6, 6.07) is 0. The van der Waals surface area contributed by atoms with E-state index in [1.165, 1.54) is 0 Å². The zero-order valence-corrected chi connectivity index (χ0v) is 7.76. The van der Waals surface area contributed by atoms with Crippen molar-refractivity contribution in [1.29, 1.82) is 0 Å². The summed E-state index contributed by atoms with van der Waals surface area (Å²) < 4.78 is 0. The number of carbonyl (C=O) groups is 1. The second-order valence-corrected chi connectivity index (χ2v) is 3.61. The van der Waals surface area contributed by atoms with Crippen LogP contribution in [0.2, 0.25) is 0 Å². The van der Waals surface area contributed by atoms with Crippen molar-refractivity contribution in [3.8, 4) is 12.3 Å². The highest BCUT2D eigenvalue weighted by Gasteiger charge is 2.41. The first-order chi connectivity index (χ1) is 5.63. The Morgan fingerprint density at radius 2 is 1.92 bits per heavy atom. The summed E-state index contributed by atoms with van der Waals surface area (Å²) >= 11 is 0. The highest BCUT2D eigenvalue weighted by molar-refractivity contribution is 6.02. The molecular formula is C10H15NO. The molecule has 1 saturated carbocycles. The number of hydrogen-bond acceptors (Lipinski definition) is 2. The molecular weight excluding hydrogens is 150 g/mol. The average molecular weight is 165 g/mol. The number of hydrogen-bond donors (Lipinski definition) is 0. The highest BCUT2D eigenvalue weighted by Crippen LogP contribution is 2.34. The molecule has 0 N–H and O–H groups in total. The van der Waals surface area contributed by atoms with Crippen molar-refractivity contribution in [1.82, 2.24) is 4.90 Å². The molecule has 0 bridgehead atoms. The van der Waals surface area contributed by atoms with E-state index >= 15 is 0 Å². The van der Waals surface area contributed by atoms with Gasteiger partial charge in [0.25, 0.3) is 0 Å². The summed E-state index contributed by atoms with van der Waals surface area (Å²) in [6.45, 7) is 0. The molecule has 66 valence electrons. The zero-order chi connectivity index (χ0) is 9.19. The number of terminal acetylenes is 1. The van der Waals surface area contributed by atoms with Gasteiger partial charge in [-0.15, -0.1) is 6.42 Å². The molecule has 2 nitrogen and oxygen atoms in total. The van der Waals surface area contributed by atoms with Gasteiger partial charge >= 0.3 is 0 Å². The number of Topliss-reactive ketones (excluding diaryl/α,β-unsaturated/α-hetero) is 1. The molecule has 1 fully saturated rings. The van der Waals surface area contributed by atoms with E-state index in [2.05, 4.69) is 5.92 Å². The van der Waals surface area contributed by atoms with Crippen molar-refractivity contribution >= 4 is 5.78 Å². The summed E-state index contributed by atoms with van der Waals surface area (Å²) in [7, 11) is 3.86. The Kier molecular flexibility index (Phi) is 2.54. The third kappa shape index (κ3) is 1.25. The van der Waals surface area contributed by atoms with Gasteiger partial charge in [0.2, 0.25) is 5.78 Å². The van der Waals surface area contributed by atoms with Crippen LogP contribution in [0.25, 0.3) is 0 Å². The molecule has 12 heavy (non-hydrogen) atoms. The largest absolute Gasteiger partial charge is 0.296 e. The topological polar surface area (TPSA) is 20.3 Å². The second-order valence-electron chi connectivity index (χ2n) is 3.61. The summed E-state index contributed by atoms with van der Waals surface area (Å²) in [4.78, 5) is 13.5. The van der Waals surface area contributed by atoms with Gasteiger partial charge in [0.1, 0.15) is 0 Å². The summed E-state index contributed by atoms with van der Waals surface area (Å²) in [5.41, 5.74) is -0.339. The van der Waals surface area contributed by atoms with Crippen LogP contribution in [0, 0.1) is 12.3 Å². The van der Waals surface area contributed by atoms with Crippen molar-refractivity contribution in [3.63, 3.8) is 0 Å². The predicted molar refractivity (Wildman–Crippen MR) is 48.7 cm³/mol. The third-order valence-electron chi connectivity index (χ3n) is 2.84. The van der Waals surface area contributed by atoms with E-state index in [9.17, 15) is 4.79 Å². The maximum absolute atomic E-state index is 11.5. The fourth-order valence-electron chi connectivity index (χ4n) is 1.97. The first-order valence-corrected chi connectivity index (χ1v) is 4.32. The van der Waals surface area contributed by atoms with Crippen LogP contribution in [-0.4, -0.2) is 30.3 Å². The van der Waals surface area contributed by atoms with Crippen LogP contribution in [0.5, 0.6) is 0 Å². The number of rotatable bonds is 2. The van der Waals surface area contributed by atoms with Crippen LogP contribution in [-0.2, 0) is 4.79 Å². The molecule has 0 amide bonds. The predicted octanol–water partition coefficient (Wildman–Crippen LogP) is 1.06. The minimum absolute atomic E-state index is 0.0509. The van der Waals surface area contributed by atoms with Crippen molar-refractivity contribution in [2.24, 2.45) is 0 Å². The van der Waals surface area contributed by atoms with Crippen LogP contribution in [0.1, 0.15) is 25.7 Å². The van der Waals surface area contributed by atoms with Gasteiger partial charge in [-0.25, -0.2) is 0 Å². The first kappa shape index (κ1) is 9.28. The van der Waals surface area contributed by atoms with Gasteiger partial charge in [0, 0.05) is 0 Å². The molecule has 0 heterocycles. The smallest absolute Gasteiger partial charge is 0.225 e. The number of likely N-dealkylation sites (N-methyl/N-ethyl adjacent to an activating group) is 1. The van der Waals surface area contributed by atoms with Crippen LogP contribution in [0.4, 0.5) is 0 Å². The molecule has 0 aromatic rings. The maximum atomic E-state index is 11.5. The van der Waals surface area contributed by atoms with E-state index in [1.807, 2.05) is 19.0 Å². The van der Waals surface area contributed by atoms with E-state index in [1.54, 1.807) is 0 Å². The molecule has 0 atom stereocenters. The Morgan fingerprint density at radius 3 is 2.25 bits per heavy atom. The molecule has 0 spiro atoms. The maximum Gasteiger partial charge on any atom is 0.225 e. The Bertz CT molecular complexity index is 218. The molecule has 0 saturated heterocycles. The lowest BCUT2D eigenvalue weighted by atomic mass is 9.91. The average Bonchev–Trinajstić information content (AvgIpc) is 2.52. The fourth-order valence-corrected chi connectivity index (χ4v) is 1.97. The van der Waals surface area contributed by atoms with Gasteiger partial charge in [-0.05, 0) is 32.9 Å². The molecule has 0 aromatic carbocycles. The standard InChI is InChI=1S/C10H15NO/c1-4-9(12)10(11(2)3)7-5-6-8-10/h1H,5-8H2,2-3H3. The third-order valence-corrected chi connectivity index (χ3v) is 2.84. The Balaban J connectivity index is 2.88. The Hall–Kier alpha value is -0.810. The van der Waals surface area contributed by atoms with Gasteiger partial charge < -0.3 is 0 Å². The van der Waals surface area contributed by atoms with E-state index in [-0.39, 0.29) is 11.3 Å². The molecule has 1 aliphatic carbocycles. The van der Waals surface area contributed by atoms with Gasteiger partial charge in [0.15, 0.2) is 0 Å². The van der Waals surface area contributed by atoms with Crippen LogP contribution >= 0.6 is 0 Å². The molecule has 0 aliphatic heterocycles. The van der Waals surface area contributed by atoms with E-state index in [0.29, 0.717) is 0 Å². The molecule has 0 unspecified atom stereocenters. The second kappa shape index (κ2) is 3.28. The minimum atomic E-state index is -0.339. The van der Waals surface area contributed by atoms with Crippen molar-refractivity contribution < 1.29 is 4.79 Å². The lowest BCUT2D eigenvalue weighted by molar-refractivity contribution is -0.123. The van der Waals surface area contributed by atoms with Crippen LogP contribution in [0.15, 0.2) is 0 Å². The van der Waals surface area contributed by atoms with Crippen LogP contribution < -0.4 is 0 Å². The lowest BCUT2D eigenvalue weighted by Gasteiger charge is -2.32. The molecule has 2 heteroatoms. The Labute approximate surface area is 73.9 Å². The van der Waals surface area contributed by atoms with Gasteiger partial charge in [-0.1, -0.05) is 12.8 Å². The summed E-state index contributed by atoms with van der Waals surface area (Å²) in [5.74, 6) is 2.20. The lowest BCUT2D eigenvalue weighted by Crippen LogP contribution is -2.48. The quantitative estimate of drug-likeness (QED) is 0.450. The zero-order valence-electron chi connectivity index (χ0n) is 7.76. The van der Waals surface area contributed by atoms with Crippen molar-refractivity contribution in [3.05, 3.63) is 0 Å². The summed E-state index contributed by atoms with van der Waals surface area (Å²) in [5, 5.41) is 0. The molecule has 0 radical (unpaired) electrons. The van der Waals surface area contributed by atoms with Gasteiger partial charge in [-0.2, -0.15) is 0 Å². The van der Waals surface area contributed by atoms with E-state index in [4.69, 9.17) is 6.42 Å². The van der Waals surface area contributed by atoms with Gasteiger partial charge in [0.05, 0.1) is 5.54 Å². The molecule has 1 rings (SSSR count). The van der Waals surface area contributed by atoms with E-state index in [0.717, 1.165) is 25.7 Å². The van der Waals surface area contributed by atoms with Crippen LogP contribution in [0.3, 0.4) is 0 Å². The SMILES string of the molecule is C#CC(=O)C1(N(C)C)CCCC1. The number of ketones is 1. The summed E-state index contributed by atoms with van der Waals surface area (Å²) in [6.07, 6.45) is 9.22. The van der Waals surface area contributed by atoms with Crippen molar-refractivity contribution in [2.45, 2.75) is 31.2 Å². The monoisotopic (exact) mass is 165 g/mol. The molecule has 1 aliphatic rings. The fraction of sp³-hybridized carbons (Fsp3) is 0.700. The van der Waals surface area contributed by atoms with Gasteiger partial charge in [-0.3, -0.25) is 9.69 Å². The highest BCUT2D eigenvalue weighted by atomic mass is 16.1. The number of nitrogens with zero attached hydrogens (tertiary/aromatic N) is 1. The first-order valence-electron chi connectivity index (χ1n) is 4.32. The van der Waals surface area contributed by atoms with E-state index < -0.39 is 0 Å².